The molecule has 2 aliphatic rings. The fraction of sp³-hybridized carbons (Fsp3) is 0.706. The van der Waals surface area contributed by atoms with Crippen molar-refractivity contribution in [1.82, 2.24) is 0 Å². The third-order valence-electron chi connectivity index (χ3n) is 4.78. The predicted octanol–water partition coefficient (Wildman–Crippen LogP) is 3.94. The number of carbonyl (C=O) groups is 1. The van der Waals surface area contributed by atoms with Crippen LogP contribution in [0.5, 0.6) is 0 Å². The summed E-state index contributed by atoms with van der Waals surface area (Å²) in [5.74, 6) is 0.126. The van der Waals surface area contributed by atoms with Crippen LogP contribution in [0.1, 0.15) is 40.0 Å². The van der Waals surface area contributed by atoms with Gasteiger partial charge in [0.2, 0.25) is 6.29 Å². The van der Waals surface area contributed by atoms with Gasteiger partial charge in [-0.05, 0) is 43.1 Å². The van der Waals surface area contributed by atoms with Gasteiger partial charge in [0.25, 0.3) is 0 Å². The van der Waals surface area contributed by atoms with Gasteiger partial charge in [-0.2, -0.15) is 0 Å². The number of allylic oxidation sites excluding steroid dienone is 2. The molecule has 5 heteroatoms. The molecule has 0 bridgehead atoms. The van der Waals surface area contributed by atoms with E-state index in [-0.39, 0.29) is 23.0 Å². The van der Waals surface area contributed by atoms with E-state index < -0.39 is 14.6 Å². The predicted molar refractivity (Wildman–Crippen MR) is 89.0 cm³/mol. The third kappa shape index (κ3) is 4.30. The van der Waals surface area contributed by atoms with E-state index in [1.165, 1.54) is 0 Å². The highest BCUT2D eigenvalue weighted by molar-refractivity contribution is 6.74. The molecule has 0 aromatic carbocycles. The molecule has 3 atom stereocenters. The summed E-state index contributed by atoms with van der Waals surface area (Å²) in [5, 5.41) is 0.163. The molecule has 0 aromatic rings. The van der Waals surface area contributed by atoms with Crippen LogP contribution in [-0.2, 0) is 18.7 Å². The molecule has 124 valence electrons. The zero-order valence-corrected chi connectivity index (χ0v) is 15.3. The Hall–Kier alpha value is -0.913. The van der Waals surface area contributed by atoms with Crippen LogP contribution in [0.15, 0.2) is 24.5 Å². The Kier molecular flexibility index (Phi) is 5.30. The van der Waals surface area contributed by atoms with Crippen molar-refractivity contribution >= 4 is 14.1 Å². The summed E-state index contributed by atoms with van der Waals surface area (Å²) < 4.78 is 17.4. The van der Waals surface area contributed by atoms with Crippen molar-refractivity contribution in [2.45, 2.75) is 76.7 Å². The molecule has 0 spiro atoms. The lowest BCUT2D eigenvalue weighted by molar-refractivity contribution is -0.157. The second kappa shape index (κ2) is 6.68. The number of hydrogen-bond donors (Lipinski definition) is 0. The fourth-order valence-electron chi connectivity index (χ4n) is 2.40. The van der Waals surface area contributed by atoms with Crippen molar-refractivity contribution in [2.24, 2.45) is 0 Å². The minimum absolute atomic E-state index is 0.0379. The van der Waals surface area contributed by atoms with Crippen LogP contribution in [0.4, 0.5) is 0 Å². The van der Waals surface area contributed by atoms with Gasteiger partial charge in [-0.3, -0.25) is 4.79 Å². The van der Waals surface area contributed by atoms with Crippen LogP contribution in [0.3, 0.4) is 0 Å². The lowest BCUT2D eigenvalue weighted by Crippen LogP contribution is -2.47. The Morgan fingerprint density at radius 3 is 2.50 bits per heavy atom. The number of rotatable bonds is 4. The number of ether oxygens (including phenoxy) is 2. The standard InChI is InChI=1S/C17H28O4Si/c1-17(2,3)22(4,5)21-13-9-10-15(14(18)12-13)20-16-8-6-7-11-19-16/h6-8,11,13,15-16H,9-10,12H2,1-5H3. The summed E-state index contributed by atoms with van der Waals surface area (Å²) in [6.45, 7) is 11.1. The smallest absolute Gasteiger partial charge is 0.219 e. The molecule has 3 unspecified atom stereocenters. The van der Waals surface area contributed by atoms with Crippen LogP contribution in [0, 0.1) is 0 Å². The summed E-state index contributed by atoms with van der Waals surface area (Å²) in [5.41, 5.74) is 0. The van der Waals surface area contributed by atoms with Gasteiger partial charge in [0.15, 0.2) is 14.1 Å². The van der Waals surface area contributed by atoms with Gasteiger partial charge in [0.05, 0.1) is 12.4 Å². The third-order valence-corrected chi connectivity index (χ3v) is 9.31. The van der Waals surface area contributed by atoms with Gasteiger partial charge < -0.3 is 13.9 Å². The summed E-state index contributed by atoms with van der Waals surface area (Å²) in [4.78, 5) is 12.3. The molecule has 0 N–H and O–H groups in total. The van der Waals surface area contributed by atoms with Crippen LogP contribution in [0.2, 0.25) is 18.1 Å². The average molecular weight is 324 g/mol. The number of carbonyl (C=O) groups excluding carboxylic acids is 1. The first-order valence-electron chi connectivity index (χ1n) is 8.04. The maximum Gasteiger partial charge on any atom is 0.219 e. The monoisotopic (exact) mass is 324 g/mol. The minimum Gasteiger partial charge on any atom is -0.469 e. The van der Waals surface area contributed by atoms with Gasteiger partial charge in [-0.25, -0.2) is 0 Å². The molecular formula is C17H28O4Si. The molecule has 1 aliphatic heterocycles. The molecular weight excluding hydrogens is 296 g/mol. The van der Waals surface area contributed by atoms with E-state index in [9.17, 15) is 4.79 Å². The molecule has 1 fully saturated rings. The van der Waals surface area contributed by atoms with E-state index in [0.717, 1.165) is 6.42 Å². The van der Waals surface area contributed by atoms with Crippen molar-refractivity contribution in [3.63, 3.8) is 0 Å². The van der Waals surface area contributed by atoms with E-state index >= 15 is 0 Å². The highest BCUT2D eigenvalue weighted by atomic mass is 28.4. The van der Waals surface area contributed by atoms with Crippen LogP contribution < -0.4 is 0 Å². The second-order valence-corrected chi connectivity index (χ2v) is 12.3. The summed E-state index contributed by atoms with van der Waals surface area (Å²) in [6.07, 6.45) is 8.30. The quantitative estimate of drug-likeness (QED) is 0.735. The van der Waals surface area contributed by atoms with Gasteiger partial charge in [0.1, 0.15) is 6.10 Å². The Bertz CT molecular complexity index is 462. The van der Waals surface area contributed by atoms with E-state index in [1.807, 2.05) is 12.2 Å². The molecule has 0 amide bonds. The van der Waals surface area contributed by atoms with Gasteiger partial charge in [-0.1, -0.05) is 26.8 Å². The number of ketones is 1. The Morgan fingerprint density at radius 1 is 1.23 bits per heavy atom. The normalized spacial score (nSPS) is 29.5. The highest BCUT2D eigenvalue weighted by Gasteiger charge is 2.41. The summed E-state index contributed by atoms with van der Waals surface area (Å²) >= 11 is 0. The molecule has 1 heterocycles. The zero-order chi connectivity index (χ0) is 16.4. The first-order valence-corrected chi connectivity index (χ1v) is 10.9. The van der Waals surface area contributed by atoms with Gasteiger partial charge >= 0.3 is 0 Å². The van der Waals surface area contributed by atoms with Crippen LogP contribution in [0.25, 0.3) is 0 Å². The number of hydrogen-bond acceptors (Lipinski definition) is 4. The Balaban J connectivity index is 1.86. The minimum atomic E-state index is -1.82. The first kappa shape index (κ1) is 17.4. The lowest BCUT2D eigenvalue weighted by atomic mass is 9.94. The van der Waals surface area contributed by atoms with Crippen molar-refractivity contribution in [1.29, 1.82) is 0 Å². The topological polar surface area (TPSA) is 44.8 Å². The average Bonchev–Trinajstić information content (AvgIpc) is 2.41. The first-order chi connectivity index (χ1) is 10.2. The maximum absolute atomic E-state index is 12.3. The highest BCUT2D eigenvalue weighted by Crippen LogP contribution is 2.39. The molecule has 0 saturated heterocycles. The van der Waals surface area contributed by atoms with E-state index in [1.54, 1.807) is 12.3 Å². The van der Waals surface area contributed by atoms with Crippen molar-refractivity contribution in [3.05, 3.63) is 24.5 Å². The second-order valence-electron chi connectivity index (χ2n) is 7.59. The Morgan fingerprint density at radius 2 is 1.95 bits per heavy atom. The van der Waals surface area contributed by atoms with Crippen molar-refractivity contribution < 1.29 is 18.7 Å². The largest absolute Gasteiger partial charge is 0.469 e. The fourth-order valence-corrected chi connectivity index (χ4v) is 3.79. The zero-order valence-electron chi connectivity index (χ0n) is 14.3. The van der Waals surface area contributed by atoms with Crippen molar-refractivity contribution in [2.75, 3.05) is 0 Å². The Labute approximate surface area is 134 Å². The van der Waals surface area contributed by atoms with E-state index in [2.05, 4.69) is 33.9 Å². The molecule has 0 radical (unpaired) electrons. The molecule has 0 aromatic heterocycles. The maximum atomic E-state index is 12.3. The molecule has 4 nitrogen and oxygen atoms in total. The van der Waals surface area contributed by atoms with Gasteiger partial charge in [-0.15, -0.1) is 0 Å². The molecule has 22 heavy (non-hydrogen) atoms. The molecule has 2 rings (SSSR count). The van der Waals surface area contributed by atoms with Crippen LogP contribution >= 0.6 is 0 Å². The summed E-state index contributed by atoms with van der Waals surface area (Å²) in [7, 11) is -1.82. The van der Waals surface area contributed by atoms with Crippen LogP contribution in [-0.4, -0.2) is 32.6 Å². The van der Waals surface area contributed by atoms with E-state index in [0.29, 0.717) is 12.8 Å². The molecule has 1 saturated carbocycles. The van der Waals surface area contributed by atoms with Crippen molar-refractivity contribution in [3.8, 4) is 0 Å². The van der Waals surface area contributed by atoms with Gasteiger partial charge in [0, 0.05) is 6.42 Å². The SMILES string of the molecule is CC(C)(C)[Si](C)(C)OC1CCC(OC2C=CC=CO2)C(=O)C1. The number of Topliss-reactive ketones (excluding diaryl/α,β-unsaturated/α-hetero) is 1. The van der Waals surface area contributed by atoms with E-state index in [4.69, 9.17) is 13.9 Å². The lowest BCUT2D eigenvalue weighted by Gasteiger charge is -2.41. The summed E-state index contributed by atoms with van der Waals surface area (Å²) in [6, 6.07) is 0. The molecule has 1 aliphatic carbocycles.